The number of thioether (sulfide) groups is 2. The molecule has 0 aliphatic heterocycles. The molecular weight excluding hydrogens is 739 g/mol. The number of benzene rings is 2. The summed E-state index contributed by atoms with van der Waals surface area (Å²) in [5.74, 6) is 1.40. The van der Waals surface area contributed by atoms with E-state index in [4.69, 9.17) is 65.4 Å². The number of ether oxygens (including phenoxy) is 3. The molecule has 0 fully saturated rings. The lowest BCUT2D eigenvalue weighted by atomic mass is 10.2. The van der Waals surface area contributed by atoms with Crippen molar-refractivity contribution in [2.24, 2.45) is 9.53 Å². The Bertz CT molecular complexity index is 1220. The summed E-state index contributed by atoms with van der Waals surface area (Å²) in [5, 5.41) is 1.58. The van der Waals surface area contributed by atoms with Gasteiger partial charge < -0.3 is 32.3 Å². The maximum absolute atomic E-state index is 6.01. The first-order valence-electron chi connectivity index (χ1n) is 16.5. The van der Waals surface area contributed by atoms with Gasteiger partial charge in [0.25, 0.3) is 0 Å². The minimum atomic E-state index is -2.87. The second-order valence-electron chi connectivity index (χ2n) is 11.6. The smallest absolute Gasteiger partial charge is 0.310 e. The molecule has 0 saturated carbocycles. The van der Waals surface area contributed by atoms with Crippen molar-refractivity contribution in [1.82, 2.24) is 0 Å². The third-order valence-electron chi connectivity index (χ3n) is 5.52. The summed E-state index contributed by atoms with van der Waals surface area (Å²) >= 11 is 14.7. The van der Waals surface area contributed by atoms with Crippen molar-refractivity contribution in [2.75, 3.05) is 51.1 Å². The molecule has 0 heterocycles. The minimum absolute atomic E-state index is 0.0935. The van der Waals surface area contributed by atoms with Crippen LogP contribution in [-0.4, -0.2) is 85.7 Å². The molecule has 0 radical (unpaired) electrons. The first-order valence-corrected chi connectivity index (χ1v) is 23.7. The Hall–Kier alpha value is -0.500. The Balaban J connectivity index is 1.74. The molecule has 2 aromatic carbocycles. The van der Waals surface area contributed by atoms with Crippen LogP contribution in [0.3, 0.4) is 0 Å². The van der Waals surface area contributed by atoms with Crippen LogP contribution in [0.1, 0.15) is 66.5 Å². The molecule has 0 aliphatic rings. The third kappa shape index (κ3) is 20.4. The Kier molecular flexibility index (Phi) is 22.5. The number of hydrogen-bond donors (Lipinski definition) is 0. The molecule has 0 unspecified atom stereocenters. The van der Waals surface area contributed by atoms with Gasteiger partial charge in [-0.3, -0.25) is 0 Å². The zero-order chi connectivity index (χ0) is 36.1. The summed E-state index contributed by atoms with van der Waals surface area (Å²) in [6.45, 7) is 12.8. The second kappa shape index (κ2) is 24.7. The van der Waals surface area contributed by atoms with Gasteiger partial charge in [0.2, 0.25) is 0 Å². The van der Waals surface area contributed by atoms with Gasteiger partial charge in [-0.15, -0.1) is 23.5 Å². The lowest BCUT2D eigenvalue weighted by Gasteiger charge is -2.23. The van der Waals surface area contributed by atoms with Gasteiger partial charge >= 0.3 is 13.3 Å². The summed E-state index contributed by atoms with van der Waals surface area (Å²) in [6.07, 6.45) is -0.374. The predicted octanol–water partition coefficient (Wildman–Crippen LogP) is 9.55. The number of rotatable bonds is 24. The van der Waals surface area contributed by atoms with E-state index < -0.39 is 13.3 Å². The zero-order valence-electron chi connectivity index (χ0n) is 30.0. The van der Waals surface area contributed by atoms with Crippen molar-refractivity contribution in [3.05, 3.63) is 71.8 Å². The monoisotopic (exact) mass is 792 g/mol. The van der Waals surface area contributed by atoms with Gasteiger partial charge in [-0.25, -0.2) is 0 Å². The quantitative estimate of drug-likeness (QED) is 0.0441. The standard InChI is InChI=1S/C34H54N2O7P2S4/c1-27(2)40-44(46,41-28(3)4)35-33(31-15-11-9-12-16-31)48-25-23-38-21-19-37-20-22-39-24-26-49-34(32-17-13-10-14-18-32)36-45(47,42-29(5)6)43-30(7)8/h9-18,27-30H,19-26H2,1-8H3/b35-33+,36-34+. The van der Waals surface area contributed by atoms with Crippen LogP contribution < -0.4 is 0 Å². The molecule has 0 atom stereocenters. The van der Waals surface area contributed by atoms with Crippen LogP contribution in [0.5, 0.6) is 0 Å². The van der Waals surface area contributed by atoms with Crippen LogP contribution in [0.25, 0.3) is 0 Å². The van der Waals surface area contributed by atoms with Crippen molar-refractivity contribution in [1.29, 1.82) is 0 Å². The van der Waals surface area contributed by atoms with Crippen LogP contribution in [0, 0.1) is 0 Å². The largest absolute Gasteiger partial charge is 0.378 e. The summed E-state index contributed by atoms with van der Waals surface area (Å²) in [6, 6.07) is 19.9. The van der Waals surface area contributed by atoms with Gasteiger partial charge in [-0.05, 0) is 79.0 Å². The first-order chi connectivity index (χ1) is 23.3. The lowest BCUT2D eigenvalue weighted by molar-refractivity contribution is 0.0205. The average molecular weight is 793 g/mol. The molecule has 276 valence electrons. The van der Waals surface area contributed by atoms with Crippen molar-refractivity contribution in [3.63, 3.8) is 0 Å². The van der Waals surface area contributed by atoms with Crippen LogP contribution in [0.2, 0.25) is 0 Å². The van der Waals surface area contributed by atoms with E-state index in [0.29, 0.717) is 51.1 Å². The fraction of sp³-hybridized carbons (Fsp3) is 0.588. The summed E-state index contributed by atoms with van der Waals surface area (Å²) in [7, 11) is 0. The van der Waals surface area contributed by atoms with Gasteiger partial charge in [-0.2, -0.15) is 9.53 Å². The van der Waals surface area contributed by atoms with E-state index >= 15 is 0 Å². The van der Waals surface area contributed by atoms with Crippen LogP contribution in [0.15, 0.2) is 70.2 Å². The summed E-state index contributed by atoms with van der Waals surface area (Å²) in [5.41, 5.74) is 1.95. The molecule has 9 nitrogen and oxygen atoms in total. The number of nitrogens with zero attached hydrogens (tertiary/aromatic N) is 2. The fourth-order valence-corrected chi connectivity index (χ4v) is 12.3. The molecule has 0 amide bonds. The Morgan fingerprint density at radius 2 is 0.796 bits per heavy atom. The Labute approximate surface area is 313 Å². The van der Waals surface area contributed by atoms with Gasteiger partial charge in [-0.1, -0.05) is 60.7 Å². The van der Waals surface area contributed by atoms with Gasteiger partial charge in [0.15, 0.2) is 0 Å². The average Bonchev–Trinajstić information content (AvgIpc) is 3.01. The molecule has 49 heavy (non-hydrogen) atoms. The van der Waals surface area contributed by atoms with Gasteiger partial charge in [0.1, 0.15) is 10.1 Å². The predicted molar refractivity (Wildman–Crippen MR) is 217 cm³/mol. The van der Waals surface area contributed by atoms with E-state index in [-0.39, 0.29) is 24.4 Å². The molecule has 15 heteroatoms. The molecule has 0 saturated heterocycles. The van der Waals surface area contributed by atoms with Crippen LogP contribution in [0.4, 0.5) is 0 Å². The SMILES string of the molecule is CC(C)OP(=S)(/N=C(/SCCOCCOCCOCCS/C(=N/P(=S)(OC(C)C)OC(C)C)c1ccccc1)c1ccccc1)OC(C)C. The highest BCUT2D eigenvalue weighted by Crippen LogP contribution is 2.54. The summed E-state index contributed by atoms with van der Waals surface area (Å²) < 4.78 is 51.1. The molecule has 0 N–H and O–H groups in total. The molecule has 0 spiro atoms. The molecule has 2 rings (SSSR count). The van der Waals surface area contributed by atoms with Crippen molar-refractivity contribution in [2.45, 2.75) is 79.8 Å². The van der Waals surface area contributed by atoms with Gasteiger partial charge in [0, 0.05) is 22.6 Å². The Morgan fingerprint density at radius 1 is 0.510 bits per heavy atom. The lowest BCUT2D eigenvalue weighted by Crippen LogP contribution is -2.12. The van der Waals surface area contributed by atoms with E-state index in [1.807, 2.05) is 116 Å². The van der Waals surface area contributed by atoms with Crippen molar-refractivity contribution >= 4 is 70.5 Å². The van der Waals surface area contributed by atoms with Crippen molar-refractivity contribution < 1.29 is 32.3 Å². The maximum atomic E-state index is 6.01. The maximum Gasteiger partial charge on any atom is 0.310 e. The Morgan fingerprint density at radius 3 is 1.08 bits per heavy atom. The van der Waals surface area contributed by atoms with Crippen LogP contribution >= 0.6 is 36.8 Å². The minimum Gasteiger partial charge on any atom is -0.378 e. The van der Waals surface area contributed by atoms with E-state index in [2.05, 4.69) is 0 Å². The highest BCUT2D eigenvalue weighted by molar-refractivity contribution is 8.16. The molecule has 2 aromatic rings. The fourth-order valence-electron chi connectivity index (χ4n) is 3.87. The third-order valence-corrected chi connectivity index (χ3v) is 12.9. The van der Waals surface area contributed by atoms with E-state index in [1.54, 1.807) is 23.5 Å². The molecule has 0 aliphatic carbocycles. The highest BCUT2D eigenvalue weighted by atomic mass is 32.5. The van der Waals surface area contributed by atoms with Crippen molar-refractivity contribution in [3.8, 4) is 0 Å². The first kappa shape index (κ1) is 44.7. The second-order valence-corrected chi connectivity index (χ2v) is 19.7. The molecule has 0 bridgehead atoms. The highest BCUT2D eigenvalue weighted by Gasteiger charge is 2.25. The van der Waals surface area contributed by atoms with E-state index in [1.165, 1.54) is 0 Å². The van der Waals surface area contributed by atoms with Crippen LogP contribution in [-0.2, 0) is 55.9 Å². The van der Waals surface area contributed by atoms with Gasteiger partial charge in [0.05, 0.1) is 64.1 Å². The normalized spacial score (nSPS) is 13.4. The number of hydrogen-bond acceptors (Lipinski definition) is 11. The molecular formula is C34H54N2O7P2S4. The van der Waals surface area contributed by atoms with E-state index in [0.717, 1.165) is 21.2 Å². The molecule has 0 aromatic heterocycles. The topological polar surface area (TPSA) is 89.3 Å². The van der Waals surface area contributed by atoms with E-state index in [9.17, 15) is 0 Å². The summed E-state index contributed by atoms with van der Waals surface area (Å²) in [4.78, 5) is 0. The zero-order valence-corrected chi connectivity index (χ0v) is 35.1.